The summed E-state index contributed by atoms with van der Waals surface area (Å²) in [6.45, 7) is 3.96. The molecule has 1 aromatic heterocycles. The lowest BCUT2D eigenvalue weighted by atomic mass is 10.00. The number of carbonyl (C=O) groups excluding carboxylic acids is 1. The van der Waals surface area contributed by atoms with Crippen LogP contribution in [0.15, 0.2) is 48.5 Å². The van der Waals surface area contributed by atoms with Gasteiger partial charge in [-0.3, -0.25) is 9.59 Å². The molecule has 3 rings (SSSR count). The molecular formula is C29H35ClFN3O6. The van der Waals surface area contributed by atoms with Crippen LogP contribution in [0, 0.1) is 5.82 Å². The highest BCUT2D eigenvalue weighted by atomic mass is 35.5. The molecule has 0 bridgehead atoms. The molecule has 1 heterocycles. The van der Waals surface area contributed by atoms with Crippen molar-refractivity contribution in [1.29, 1.82) is 0 Å². The molecule has 0 radical (unpaired) electrons. The number of benzene rings is 2. The van der Waals surface area contributed by atoms with Crippen molar-refractivity contribution in [2.75, 3.05) is 13.2 Å². The minimum absolute atomic E-state index is 0.121. The van der Waals surface area contributed by atoms with E-state index in [1.165, 1.54) is 12.1 Å². The number of carboxylic acid groups (broad SMARTS) is 1. The summed E-state index contributed by atoms with van der Waals surface area (Å²) in [7, 11) is 0. The van der Waals surface area contributed by atoms with Crippen LogP contribution < -0.4 is 5.32 Å². The molecule has 9 nitrogen and oxygen atoms in total. The van der Waals surface area contributed by atoms with Crippen LogP contribution in [0.2, 0.25) is 5.02 Å². The zero-order valence-corrected chi connectivity index (χ0v) is 23.2. The third-order valence-corrected chi connectivity index (χ3v) is 6.83. The molecule has 0 aliphatic carbocycles. The Morgan fingerprint density at radius 3 is 2.27 bits per heavy atom. The number of amides is 1. The van der Waals surface area contributed by atoms with E-state index < -0.39 is 36.3 Å². The summed E-state index contributed by atoms with van der Waals surface area (Å²) in [5, 5.41) is 42.6. The molecule has 3 aromatic rings. The van der Waals surface area contributed by atoms with Gasteiger partial charge in [0.25, 0.3) is 5.91 Å². The van der Waals surface area contributed by atoms with E-state index in [-0.39, 0.29) is 50.1 Å². The van der Waals surface area contributed by atoms with E-state index in [0.717, 1.165) is 5.56 Å². The van der Waals surface area contributed by atoms with Gasteiger partial charge in [-0.1, -0.05) is 37.6 Å². The van der Waals surface area contributed by atoms with Gasteiger partial charge in [0.2, 0.25) is 0 Å². The van der Waals surface area contributed by atoms with E-state index in [9.17, 15) is 29.3 Å². The van der Waals surface area contributed by atoms with Crippen LogP contribution in [-0.2, 0) is 11.3 Å². The fourth-order valence-corrected chi connectivity index (χ4v) is 4.71. The van der Waals surface area contributed by atoms with Gasteiger partial charge in [0.15, 0.2) is 0 Å². The van der Waals surface area contributed by atoms with Crippen molar-refractivity contribution in [1.82, 2.24) is 14.9 Å². The first-order chi connectivity index (χ1) is 19.0. The highest BCUT2D eigenvalue weighted by molar-refractivity contribution is 6.30. The summed E-state index contributed by atoms with van der Waals surface area (Å²) in [5.74, 6) is -2.16. The normalized spacial score (nSPS) is 13.7. The zero-order chi connectivity index (χ0) is 29.4. The summed E-state index contributed by atoms with van der Waals surface area (Å²) < 4.78 is 15.5. The molecule has 40 heavy (non-hydrogen) atoms. The highest BCUT2D eigenvalue weighted by Crippen LogP contribution is 2.29. The fourth-order valence-electron chi connectivity index (χ4n) is 4.58. The predicted octanol–water partition coefficient (Wildman–Crippen LogP) is 3.95. The topological polar surface area (TPSA) is 145 Å². The van der Waals surface area contributed by atoms with E-state index in [1.54, 1.807) is 41.0 Å². The number of rotatable bonds is 14. The van der Waals surface area contributed by atoms with Crippen molar-refractivity contribution in [2.45, 2.75) is 63.7 Å². The molecule has 1 amide bonds. The second-order valence-electron chi connectivity index (χ2n) is 10.1. The van der Waals surface area contributed by atoms with Crippen molar-refractivity contribution in [2.24, 2.45) is 0 Å². The number of imidazole rings is 1. The quantitative estimate of drug-likeness (QED) is 0.196. The van der Waals surface area contributed by atoms with Gasteiger partial charge >= 0.3 is 5.97 Å². The lowest BCUT2D eigenvalue weighted by Crippen LogP contribution is -2.31. The summed E-state index contributed by atoms with van der Waals surface area (Å²) in [6, 6.07) is 12.7. The number of hydrogen-bond acceptors (Lipinski definition) is 6. The maximum atomic E-state index is 13.7. The molecule has 0 saturated heterocycles. The zero-order valence-electron chi connectivity index (χ0n) is 22.4. The summed E-state index contributed by atoms with van der Waals surface area (Å²) >= 11 is 5.96. The van der Waals surface area contributed by atoms with Crippen LogP contribution in [0.25, 0.3) is 11.4 Å². The predicted molar refractivity (Wildman–Crippen MR) is 149 cm³/mol. The van der Waals surface area contributed by atoms with Gasteiger partial charge in [0.05, 0.1) is 30.9 Å². The minimum Gasteiger partial charge on any atom is -0.481 e. The standard InChI is InChI=1S/C29H35ClFN3O6/c1-17(2)27-26(29(40)32-15-20(16-35)18-3-7-21(30)8-4-18)33-28(19-5-9-22(31)10-6-19)34(27)12-11-23(36)13-24(37)14-25(38)39/h3-10,17,20,23-24,35-37H,11-16H2,1-2H3,(H,32,40)(H,38,39)/t20?,23-,24-/m1/s1. The number of halogens is 2. The third-order valence-electron chi connectivity index (χ3n) is 6.58. The van der Waals surface area contributed by atoms with Gasteiger partial charge in [-0.2, -0.15) is 0 Å². The van der Waals surface area contributed by atoms with Crippen LogP contribution in [-0.4, -0.2) is 67.2 Å². The summed E-state index contributed by atoms with van der Waals surface area (Å²) in [5.41, 5.74) is 2.15. The molecule has 0 fully saturated rings. The van der Waals surface area contributed by atoms with Crippen molar-refractivity contribution in [3.8, 4) is 11.4 Å². The van der Waals surface area contributed by atoms with E-state index in [0.29, 0.717) is 22.1 Å². The van der Waals surface area contributed by atoms with Gasteiger partial charge in [-0.15, -0.1) is 0 Å². The lowest BCUT2D eigenvalue weighted by Gasteiger charge is -2.19. The molecule has 11 heteroatoms. The second kappa shape index (κ2) is 14.4. The fraction of sp³-hybridized carbons (Fsp3) is 0.414. The molecule has 2 aromatic carbocycles. The average Bonchev–Trinajstić information content (AvgIpc) is 3.28. The summed E-state index contributed by atoms with van der Waals surface area (Å²) in [6.07, 6.45) is -2.64. The Morgan fingerprint density at radius 2 is 1.70 bits per heavy atom. The van der Waals surface area contributed by atoms with Crippen LogP contribution in [0.3, 0.4) is 0 Å². The second-order valence-corrected chi connectivity index (χ2v) is 10.5. The highest BCUT2D eigenvalue weighted by Gasteiger charge is 2.26. The lowest BCUT2D eigenvalue weighted by molar-refractivity contribution is -0.139. The molecule has 5 N–H and O–H groups in total. The number of nitrogens with one attached hydrogen (secondary N) is 1. The van der Waals surface area contributed by atoms with Gasteiger partial charge in [0.1, 0.15) is 17.3 Å². The van der Waals surface area contributed by atoms with Gasteiger partial charge in [0, 0.05) is 29.6 Å². The molecule has 0 aliphatic rings. The molecule has 216 valence electrons. The van der Waals surface area contributed by atoms with E-state index in [2.05, 4.69) is 10.3 Å². The van der Waals surface area contributed by atoms with Gasteiger partial charge in [-0.05, 0) is 60.7 Å². The SMILES string of the molecule is CC(C)c1c(C(=O)NCC(CO)c2ccc(Cl)cc2)nc(-c2ccc(F)cc2)n1CC[C@@H](O)C[C@@H](O)CC(=O)O. The van der Waals surface area contributed by atoms with E-state index in [1.807, 2.05) is 13.8 Å². The molecule has 3 atom stereocenters. The van der Waals surface area contributed by atoms with Gasteiger partial charge < -0.3 is 30.3 Å². The smallest absolute Gasteiger partial charge is 0.305 e. The molecule has 0 spiro atoms. The Morgan fingerprint density at radius 1 is 1.05 bits per heavy atom. The number of aromatic nitrogens is 2. The minimum atomic E-state index is -1.20. The maximum absolute atomic E-state index is 13.7. The van der Waals surface area contributed by atoms with Crippen molar-refractivity contribution < 1.29 is 34.4 Å². The number of aliphatic hydroxyl groups excluding tert-OH is 3. The van der Waals surface area contributed by atoms with Crippen molar-refractivity contribution in [3.63, 3.8) is 0 Å². The number of aliphatic hydroxyl groups is 3. The van der Waals surface area contributed by atoms with Crippen molar-refractivity contribution >= 4 is 23.5 Å². The van der Waals surface area contributed by atoms with Gasteiger partial charge in [-0.25, -0.2) is 9.37 Å². The number of nitrogens with zero attached hydrogens (tertiary/aromatic N) is 2. The maximum Gasteiger partial charge on any atom is 0.305 e. The first kappa shape index (κ1) is 31.2. The Balaban J connectivity index is 1.89. The summed E-state index contributed by atoms with van der Waals surface area (Å²) in [4.78, 5) is 28.9. The molecule has 0 saturated carbocycles. The first-order valence-corrected chi connectivity index (χ1v) is 13.5. The number of carboxylic acids is 1. The van der Waals surface area contributed by atoms with Crippen LogP contribution in [0.5, 0.6) is 0 Å². The molecule has 0 aliphatic heterocycles. The molecule has 1 unspecified atom stereocenters. The van der Waals surface area contributed by atoms with Crippen LogP contribution in [0.4, 0.5) is 4.39 Å². The molecular weight excluding hydrogens is 541 g/mol. The monoisotopic (exact) mass is 575 g/mol. The average molecular weight is 576 g/mol. The van der Waals surface area contributed by atoms with E-state index in [4.69, 9.17) is 16.7 Å². The largest absolute Gasteiger partial charge is 0.481 e. The van der Waals surface area contributed by atoms with Crippen molar-refractivity contribution in [3.05, 3.63) is 76.3 Å². The Kier molecular flexibility index (Phi) is 11.2. The number of carbonyl (C=O) groups is 2. The van der Waals surface area contributed by atoms with Crippen LogP contribution in [0.1, 0.15) is 66.7 Å². The van der Waals surface area contributed by atoms with Crippen LogP contribution >= 0.6 is 11.6 Å². The number of aliphatic carboxylic acids is 1. The Bertz CT molecular complexity index is 1280. The number of hydrogen-bond donors (Lipinski definition) is 5. The third kappa shape index (κ3) is 8.34. The Hall–Kier alpha value is -3.31. The first-order valence-electron chi connectivity index (χ1n) is 13.1. The Labute approximate surface area is 237 Å². The van der Waals surface area contributed by atoms with E-state index >= 15 is 0 Å².